The summed E-state index contributed by atoms with van der Waals surface area (Å²) in [7, 11) is 2.96. The monoisotopic (exact) mass is 521 g/mol. The molecular weight excluding hydrogens is 498 g/mol. The molecule has 0 spiro atoms. The minimum Gasteiger partial charge on any atom is -0.497 e. The van der Waals surface area contributed by atoms with Gasteiger partial charge in [0.1, 0.15) is 30.4 Å². The number of carboxylic acids is 1. The van der Waals surface area contributed by atoms with Crippen LogP contribution in [-0.4, -0.2) is 54.6 Å². The second kappa shape index (κ2) is 11.2. The second-order valence-electron chi connectivity index (χ2n) is 7.93. The molecule has 196 valence electrons. The van der Waals surface area contributed by atoms with Gasteiger partial charge < -0.3 is 34.4 Å². The lowest BCUT2D eigenvalue weighted by atomic mass is 10.1. The molecule has 0 aliphatic carbocycles. The quantitative estimate of drug-likeness (QED) is 0.269. The van der Waals surface area contributed by atoms with Crippen LogP contribution in [0.15, 0.2) is 64.7 Å². The number of aromatic carboxylic acids is 1. The van der Waals surface area contributed by atoms with Gasteiger partial charge in [-0.05, 0) is 60.2 Å². The molecule has 2 aromatic carbocycles. The van der Waals surface area contributed by atoms with Crippen LogP contribution in [0.4, 0.5) is 10.5 Å². The summed E-state index contributed by atoms with van der Waals surface area (Å²) in [6.45, 7) is -0.507. The summed E-state index contributed by atoms with van der Waals surface area (Å²) in [6.07, 6.45) is 1.44. The van der Waals surface area contributed by atoms with Crippen molar-refractivity contribution in [3.05, 3.63) is 77.4 Å². The average molecular weight is 521 g/mol. The molecule has 12 nitrogen and oxygen atoms in total. The summed E-state index contributed by atoms with van der Waals surface area (Å²) >= 11 is 0. The molecule has 1 fully saturated rings. The van der Waals surface area contributed by atoms with Crippen LogP contribution in [0, 0.1) is 0 Å². The topological polar surface area (TPSA) is 157 Å². The maximum Gasteiger partial charge on any atom is 0.371 e. The molecule has 0 atom stereocenters. The Bertz CT molecular complexity index is 1410. The highest BCUT2D eigenvalue weighted by Gasteiger charge is 2.35. The summed E-state index contributed by atoms with van der Waals surface area (Å²) in [5, 5.41) is 14.0. The van der Waals surface area contributed by atoms with E-state index in [4.69, 9.17) is 23.7 Å². The van der Waals surface area contributed by atoms with Gasteiger partial charge in [-0.1, -0.05) is 6.07 Å². The Hall–Kier alpha value is -5.26. The number of amides is 4. The first kappa shape index (κ1) is 25.8. The fraction of sp³-hybridized carbons (Fsp3) is 0.154. The average Bonchev–Trinajstić information content (AvgIpc) is 3.49. The molecule has 1 aromatic heterocycles. The van der Waals surface area contributed by atoms with E-state index in [0.29, 0.717) is 34.3 Å². The van der Waals surface area contributed by atoms with Crippen molar-refractivity contribution in [3.63, 3.8) is 0 Å². The highest BCUT2D eigenvalue weighted by Crippen LogP contribution is 2.30. The Balaban J connectivity index is 1.40. The first-order chi connectivity index (χ1) is 18.3. The van der Waals surface area contributed by atoms with Gasteiger partial charge in [-0.3, -0.25) is 9.59 Å². The first-order valence-electron chi connectivity index (χ1n) is 11.2. The van der Waals surface area contributed by atoms with Gasteiger partial charge in [0.15, 0.2) is 11.5 Å². The molecule has 3 aromatic rings. The van der Waals surface area contributed by atoms with Crippen LogP contribution >= 0.6 is 0 Å². The van der Waals surface area contributed by atoms with Crippen molar-refractivity contribution in [1.29, 1.82) is 0 Å². The lowest BCUT2D eigenvalue weighted by molar-refractivity contribution is -0.127. The molecule has 1 saturated heterocycles. The number of hydrogen-bond acceptors (Lipinski definition) is 8. The number of rotatable bonds is 10. The van der Waals surface area contributed by atoms with Crippen molar-refractivity contribution in [3.8, 4) is 17.2 Å². The van der Waals surface area contributed by atoms with Crippen molar-refractivity contribution >= 4 is 35.6 Å². The molecule has 1 aliphatic heterocycles. The lowest BCUT2D eigenvalue weighted by Crippen LogP contribution is -2.38. The molecule has 0 saturated carbocycles. The van der Waals surface area contributed by atoms with Gasteiger partial charge in [0.25, 0.3) is 5.91 Å². The Morgan fingerprint density at radius 2 is 1.79 bits per heavy atom. The first-order valence-corrected chi connectivity index (χ1v) is 11.2. The van der Waals surface area contributed by atoms with Crippen LogP contribution in [0.2, 0.25) is 0 Å². The molecule has 1 aliphatic rings. The van der Waals surface area contributed by atoms with Crippen molar-refractivity contribution in [2.45, 2.75) is 6.61 Å². The minimum atomic E-state index is -1.18. The number of carbonyl (C=O) groups excluding carboxylic acids is 3. The minimum absolute atomic E-state index is 0.0141. The third kappa shape index (κ3) is 5.93. The summed E-state index contributed by atoms with van der Waals surface area (Å²) < 4.78 is 21.2. The fourth-order valence-corrected chi connectivity index (χ4v) is 3.51. The highest BCUT2D eigenvalue weighted by molar-refractivity contribution is 6.16. The zero-order chi connectivity index (χ0) is 27.2. The van der Waals surface area contributed by atoms with Gasteiger partial charge in [0.05, 0.1) is 14.2 Å². The number of nitrogens with zero attached hydrogens (tertiary/aromatic N) is 1. The van der Waals surface area contributed by atoms with Crippen LogP contribution in [0.25, 0.3) is 6.08 Å². The van der Waals surface area contributed by atoms with E-state index in [2.05, 4.69) is 10.6 Å². The summed E-state index contributed by atoms with van der Waals surface area (Å²) in [5.74, 6) is -0.981. The van der Waals surface area contributed by atoms with E-state index in [0.717, 1.165) is 4.90 Å². The van der Waals surface area contributed by atoms with Crippen molar-refractivity contribution in [1.82, 2.24) is 10.2 Å². The molecule has 4 rings (SSSR count). The van der Waals surface area contributed by atoms with Gasteiger partial charge >= 0.3 is 12.0 Å². The maximum atomic E-state index is 12.8. The molecule has 3 N–H and O–H groups in total. The number of imide groups is 1. The van der Waals surface area contributed by atoms with Crippen LogP contribution in [-0.2, 0) is 16.2 Å². The van der Waals surface area contributed by atoms with E-state index >= 15 is 0 Å². The predicted molar refractivity (Wildman–Crippen MR) is 133 cm³/mol. The number of nitrogens with one attached hydrogen (secondary N) is 2. The van der Waals surface area contributed by atoms with Gasteiger partial charge in [0.2, 0.25) is 11.7 Å². The van der Waals surface area contributed by atoms with E-state index in [1.807, 2.05) is 0 Å². The van der Waals surface area contributed by atoms with Crippen LogP contribution < -0.4 is 24.8 Å². The molecule has 2 heterocycles. The molecule has 0 radical (unpaired) electrons. The van der Waals surface area contributed by atoms with E-state index in [9.17, 15) is 19.2 Å². The number of anilines is 1. The van der Waals surface area contributed by atoms with E-state index < -0.39 is 30.4 Å². The molecule has 4 amide bonds. The molecule has 12 heteroatoms. The van der Waals surface area contributed by atoms with Crippen molar-refractivity contribution < 1.29 is 42.9 Å². The smallest absolute Gasteiger partial charge is 0.371 e. The number of methoxy groups -OCH3 is 2. The SMILES string of the molecule is COc1ccc(NC(=O)CN2C(=O)N/C(=C\c3ccc(OCc4ccc(C(=O)O)o4)c(OC)c3)C2=O)cc1. The lowest BCUT2D eigenvalue weighted by Gasteiger charge is -2.12. The van der Waals surface area contributed by atoms with E-state index in [1.165, 1.54) is 32.4 Å². The second-order valence-corrected chi connectivity index (χ2v) is 7.93. The largest absolute Gasteiger partial charge is 0.497 e. The van der Waals surface area contributed by atoms with Gasteiger partial charge in [0, 0.05) is 5.69 Å². The van der Waals surface area contributed by atoms with Crippen molar-refractivity contribution in [2.75, 3.05) is 26.1 Å². The summed E-state index contributed by atoms with van der Waals surface area (Å²) in [6, 6.07) is 13.5. The fourth-order valence-electron chi connectivity index (χ4n) is 3.51. The van der Waals surface area contributed by atoms with Crippen LogP contribution in [0.5, 0.6) is 17.2 Å². The Kier molecular flexibility index (Phi) is 7.61. The zero-order valence-corrected chi connectivity index (χ0v) is 20.3. The maximum absolute atomic E-state index is 12.8. The third-order valence-corrected chi connectivity index (χ3v) is 5.38. The van der Waals surface area contributed by atoms with Gasteiger partial charge in [-0.2, -0.15) is 0 Å². The molecule has 38 heavy (non-hydrogen) atoms. The summed E-state index contributed by atoms with van der Waals surface area (Å²) in [4.78, 5) is 49.3. The number of benzene rings is 2. The number of carboxylic acid groups (broad SMARTS) is 1. The predicted octanol–water partition coefficient (Wildman–Crippen LogP) is 3.11. The van der Waals surface area contributed by atoms with Gasteiger partial charge in [-0.25, -0.2) is 14.5 Å². The van der Waals surface area contributed by atoms with Crippen molar-refractivity contribution in [2.24, 2.45) is 0 Å². The molecule has 0 unspecified atom stereocenters. The number of hydrogen-bond donors (Lipinski definition) is 3. The molecular formula is C26H23N3O9. The zero-order valence-electron chi connectivity index (χ0n) is 20.3. The number of urea groups is 1. The Labute approximate surface area is 216 Å². The normalized spacial score (nSPS) is 13.8. The van der Waals surface area contributed by atoms with Gasteiger partial charge in [-0.15, -0.1) is 0 Å². The third-order valence-electron chi connectivity index (χ3n) is 5.38. The standard InChI is InChI=1S/C26H23N3O9/c1-35-17-6-4-16(5-7-17)27-23(30)13-29-24(31)19(28-26(29)34)11-15-3-9-20(22(12-15)36-2)37-14-18-8-10-21(38-18)25(32)33/h3-12H,13-14H2,1-2H3,(H,27,30)(H,28,34)(H,32,33)/b19-11-. The van der Waals surface area contributed by atoms with Crippen LogP contribution in [0.1, 0.15) is 21.9 Å². The summed E-state index contributed by atoms with van der Waals surface area (Å²) in [5.41, 5.74) is 0.996. The Morgan fingerprint density at radius 3 is 2.45 bits per heavy atom. The number of ether oxygens (including phenoxy) is 3. The Morgan fingerprint density at radius 1 is 1.03 bits per heavy atom. The molecule has 0 bridgehead atoms. The number of carbonyl (C=O) groups is 4. The van der Waals surface area contributed by atoms with E-state index in [-0.39, 0.29) is 18.1 Å². The van der Waals surface area contributed by atoms with Crippen LogP contribution in [0.3, 0.4) is 0 Å². The highest BCUT2D eigenvalue weighted by atomic mass is 16.5. The van der Waals surface area contributed by atoms with E-state index in [1.54, 1.807) is 42.5 Å². The number of furan rings is 1.